The van der Waals surface area contributed by atoms with Crippen molar-refractivity contribution in [2.45, 2.75) is 0 Å². The summed E-state index contributed by atoms with van der Waals surface area (Å²) in [5.74, 6) is -0.0863. The van der Waals surface area contributed by atoms with Gasteiger partial charge in [-0.2, -0.15) is 0 Å². The predicted molar refractivity (Wildman–Crippen MR) is 79.7 cm³/mol. The Bertz CT molecular complexity index is 644. The number of rotatable bonds is 3. The summed E-state index contributed by atoms with van der Waals surface area (Å²) in [5, 5.41) is 9.00. The molecule has 0 aliphatic heterocycles. The first-order valence-electron chi connectivity index (χ1n) is 5.23. The molecule has 0 radical (unpaired) electrons. The molecule has 0 aliphatic rings. The molecule has 0 unspecified atom stereocenters. The number of nitrogens with two attached hydrogens (primary N) is 1. The molecular formula is C13H9Br2NO3. The number of nitrogen functional groups attached to an aromatic ring is 1. The lowest BCUT2D eigenvalue weighted by Gasteiger charge is -2.09. The Hall–Kier alpha value is -1.53. The van der Waals surface area contributed by atoms with Gasteiger partial charge in [-0.1, -0.05) is 15.9 Å². The zero-order chi connectivity index (χ0) is 14.0. The lowest BCUT2D eigenvalue weighted by Crippen LogP contribution is -2.02. The highest BCUT2D eigenvalue weighted by Crippen LogP contribution is 2.33. The second kappa shape index (κ2) is 5.63. The third-order valence-corrected chi connectivity index (χ3v) is 3.49. The molecule has 2 aromatic rings. The van der Waals surface area contributed by atoms with E-state index in [9.17, 15) is 4.79 Å². The SMILES string of the molecule is Nc1ccc(Oc2ccc(Br)cc2Br)cc1C(=O)O. The van der Waals surface area contributed by atoms with Crippen LogP contribution in [0.4, 0.5) is 5.69 Å². The molecule has 4 nitrogen and oxygen atoms in total. The highest BCUT2D eigenvalue weighted by Gasteiger charge is 2.10. The lowest BCUT2D eigenvalue weighted by atomic mass is 10.2. The molecule has 3 N–H and O–H groups in total. The second-order valence-corrected chi connectivity index (χ2v) is 5.50. The Labute approximate surface area is 126 Å². The van der Waals surface area contributed by atoms with Crippen LogP contribution in [0.15, 0.2) is 45.3 Å². The van der Waals surface area contributed by atoms with Gasteiger partial charge in [0, 0.05) is 10.2 Å². The van der Waals surface area contributed by atoms with E-state index >= 15 is 0 Å². The molecule has 0 atom stereocenters. The average molecular weight is 387 g/mol. The van der Waals surface area contributed by atoms with Gasteiger partial charge in [0.1, 0.15) is 11.5 Å². The Morgan fingerprint density at radius 1 is 1.16 bits per heavy atom. The first-order chi connectivity index (χ1) is 8.97. The van der Waals surface area contributed by atoms with Crippen LogP contribution in [0, 0.1) is 0 Å². The molecule has 2 aromatic carbocycles. The first kappa shape index (κ1) is 13.9. The molecule has 0 aliphatic carbocycles. The zero-order valence-corrected chi connectivity index (χ0v) is 12.7. The molecule has 0 bridgehead atoms. The van der Waals surface area contributed by atoms with E-state index in [1.165, 1.54) is 12.1 Å². The first-order valence-corrected chi connectivity index (χ1v) is 6.81. The van der Waals surface area contributed by atoms with E-state index in [1.807, 2.05) is 12.1 Å². The maximum Gasteiger partial charge on any atom is 0.337 e. The number of halogens is 2. The number of carboxylic acids is 1. The van der Waals surface area contributed by atoms with Gasteiger partial charge in [-0.15, -0.1) is 0 Å². The molecule has 0 saturated carbocycles. The summed E-state index contributed by atoms with van der Waals surface area (Å²) in [6.45, 7) is 0. The number of hydrogen-bond donors (Lipinski definition) is 2. The van der Waals surface area contributed by atoms with E-state index in [4.69, 9.17) is 15.6 Å². The van der Waals surface area contributed by atoms with Crippen molar-refractivity contribution in [3.63, 3.8) is 0 Å². The molecule has 2 rings (SSSR count). The van der Waals surface area contributed by atoms with Crippen LogP contribution in [-0.4, -0.2) is 11.1 Å². The fraction of sp³-hybridized carbons (Fsp3) is 0. The second-order valence-electron chi connectivity index (χ2n) is 3.73. The van der Waals surface area contributed by atoms with Crippen LogP contribution in [-0.2, 0) is 0 Å². The van der Waals surface area contributed by atoms with Gasteiger partial charge in [0.2, 0.25) is 0 Å². The van der Waals surface area contributed by atoms with Gasteiger partial charge in [0.25, 0.3) is 0 Å². The number of benzene rings is 2. The number of aromatic carboxylic acids is 1. The van der Waals surface area contributed by atoms with Gasteiger partial charge in [-0.3, -0.25) is 0 Å². The molecule has 98 valence electrons. The summed E-state index contributed by atoms with van der Waals surface area (Å²) < 4.78 is 7.30. The Morgan fingerprint density at radius 3 is 2.53 bits per heavy atom. The van der Waals surface area contributed by atoms with Crippen LogP contribution in [0.3, 0.4) is 0 Å². The molecule has 0 amide bonds. The highest BCUT2D eigenvalue weighted by atomic mass is 79.9. The fourth-order valence-corrected chi connectivity index (χ4v) is 2.60. The molecule has 0 saturated heterocycles. The van der Waals surface area contributed by atoms with Crippen molar-refractivity contribution in [2.75, 3.05) is 5.73 Å². The molecule has 0 spiro atoms. The molecule has 0 fully saturated rings. The van der Waals surface area contributed by atoms with Crippen LogP contribution in [0.5, 0.6) is 11.5 Å². The lowest BCUT2D eigenvalue weighted by molar-refractivity contribution is 0.0697. The number of ether oxygens (including phenoxy) is 1. The summed E-state index contributed by atoms with van der Waals surface area (Å²) in [6, 6.07) is 9.96. The van der Waals surface area contributed by atoms with Crippen molar-refractivity contribution in [3.05, 3.63) is 50.9 Å². The largest absolute Gasteiger partial charge is 0.478 e. The van der Waals surface area contributed by atoms with Gasteiger partial charge in [0.15, 0.2) is 0 Å². The van der Waals surface area contributed by atoms with Crippen molar-refractivity contribution in [2.24, 2.45) is 0 Å². The Balaban J connectivity index is 2.33. The van der Waals surface area contributed by atoms with E-state index < -0.39 is 5.97 Å². The number of carboxylic acid groups (broad SMARTS) is 1. The van der Waals surface area contributed by atoms with Gasteiger partial charge in [0.05, 0.1) is 10.0 Å². The molecule has 6 heteroatoms. The number of carbonyl (C=O) groups is 1. The topological polar surface area (TPSA) is 72.5 Å². The monoisotopic (exact) mass is 385 g/mol. The van der Waals surface area contributed by atoms with Crippen LogP contribution in [0.1, 0.15) is 10.4 Å². The summed E-state index contributed by atoms with van der Waals surface area (Å²) >= 11 is 6.71. The van der Waals surface area contributed by atoms with E-state index in [2.05, 4.69) is 31.9 Å². The van der Waals surface area contributed by atoms with Crippen molar-refractivity contribution >= 4 is 43.5 Å². The maximum atomic E-state index is 11.0. The van der Waals surface area contributed by atoms with Gasteiger partial charge < -0.3 is 15.6 Å². The van der Waals surface area contributed by atoms with E-state index in [-0.39, 0.29) is 11.3 Å². The molecule has 0 aromatic heterocycles. The van der Waals surface area contributed by atoms with E-state index in [0.717, 1.165) is 8.95 Å². The van der Waals surface area contributed by atoms with Crippen molar-refractivity contribution < 1.29 is 14.6 Å². The van der Waals surface area contributed by atoms with Crippen LogP contribution < -0.4 is 10.5 Å². The number of anilines is 1. The highest BCUT2D eigenvalue weighted by molar-refractivity contribution is 9.11. The average Bonchev–Trinajstić information content (AvgIpc) is 2.34. The minimum atomic E-state index is -1.09. The van der Waals surface area contributed by atoms with E-state index in [1.54, 1.807) is 12.1 Å². The zero-order valence-electron chi connectivity index (χ0n) is 9.56. The van der Waals surface area contributed by atoms with Gasteiger partial charge in [-0.05, 0) is 52.3 Å². The minimum absolute atomic E-state index is 0.0192. The molecule has 19 heavy (non-hydrogen) atoms. The standard InChI is InChI=1S/C13H9Br2NO3/c14-7-1-4-12(10(15)5-7)19-8-2-3-11(16)9(6-8)13(17)18/h1-6H,16H2,(H,17,18). The van der Waals surface area contributed by atoms with Crippen LogP contribution in [0.25, 0.3) is 0 Å². The van der Waals surface area contributed by atoms with Crippen molar-refractivity contribution in [3.8, 4) is 11.5 Å². The fourth-order valence-electron chi connectivity index (χ4n) is 1.47. The summed E-state index contributed by atoms with van der Waals surface area (Å²) in [5.41, 5.74) is 5.80. The summed E-state index contributed by atoms with van der Waals surface area (Å²) in [6.07, 6.45) is 0. The Kier molecular flexibility index (Phi) is 4.11. The maximum absolute atomic E-state index is 11.0. The number of hydrogen-bond acceptors (Lipinski definition) is 3. The summed E-state index contributed by atoms with van der Waals surface area (Å²) in [7, 11) is 0. The normalized spacial score (nSPS) is 10.2. The van der Waals surface area contributed by atoms with Crippen LogP contribution >= 0.6 is 31.9 Å². The Morgan fingerprint density at radius 2 is 1.89 bits per heavy atom. The quantitative estimate of drug-likeness (QED) is 0.772. The van der Waals surface area contributed by atoms with E-state index in [0.29, 0.717) is 11.5 Å². The summed E-state index contributed by atoms with van der Waals surface area (Å²) in [4.78, 5) is 11.0. The third kappa shape index (κ3) is 3.27. The minimum Gasteiger partial charge on any atom is -0.478 e. The molecular weight excluding hydrogens is 378 g/mol. The van der Waals surface area contributed by atoms with Crippen molar-refractivity contribution in [1.29, 1.82) is 0 Å². The molecule has 0 heterocycles. The van der Waals surface area contributed by atoms with Gasteiger partial charge >= 0.3 is 5.97 Å². The van der Waals surface area contributed by atoms with Crippen LogP contribution in [0.2, 0.25) is 0 Å². The smallest absolute Gasteiger partial charge is 0.337 e. The predicted octanol–water partition coefficient (Wildman–Crippen LogP) is 4.28. The third-order valence-electron chi connectivity index (χ3n) is 2.38. The van der Waals surface area contributed by atoms with Crippen molar-refractivity contribution in [1.82, 2.24) is 0 Å². The van der Waals surface area contributed by atoms with Gasteiger partial charge in [-0.25, -0.2) is 4.79 Å².